The summed E-state index contributed by atoms with van der Waals surface area (Å²) in [6.45, 7) is 0. The van der Waals surface area contributed by atoms with Gasteiger partial charge in [-0.25, -0.2) is 5.56 Å². The molecular formula is C42H26Y-2. The maximum Gasteiger partial charge on any atom is 0 e. The maximum absolute atomic E-state index is 3.74. The molecule has 0 unspecified atom stereocenters. The molecule has 0 aromatic heterocycles. The van der Waals surface area contributed by atoms with Crippen molar-refractivity contribution >= 4 is 32.3 Å². The SMILES string of the molecule is [Y].[c-]1ccccc1-c1[c-]c(-c2c3ccccc3c(-c3ccccc3-c3ccc4ccccc4c3)c3ccccc23)ccc1. The third-order valence-electron chi connectivity index (χ3n) is 8.25. The molecule has 8 rings (SSSR count). The Labute approximate surface area is 277 Å². The second-order valence-corrected chi connectivity index (χ2v) is 10.7. The summed E-state index contributed by atoms with van der Waals surface area (Å²) in [5.74, 6) is 0. The number of fused-ring (bicyclic) bond motifs is 3. The van der Waals surface area contributed by atoms with E-state index in [0.29, 0.717) is 0 Å². The quantitative estimate of drug-likeness (QED) is 0.136. The van der Waals surface area contributed by atoms with Crippen LogP contribution in [0.4, 0.5) is 0 Å². The van der Waals surface area contributed by atoms with E-state index in [9.17, 15) is 0 Å². The van der Waals surface area contributed by atoms with Crippen LogP contribution in [0.5, 0.6) is 0 Å². The molecule has 1 radical (unpaired) electrons. The first-order chi connectivity index (χ1) is 20.8. The first kappa shape index (κ1) is 27.5. The van der Waals surface area contributed by atoms with Crippen molar-refractivity contribution in [3.05, 3.63) is 170 Å². The minimum atomic E-state index is 0. The van der Waals surface area contributed by atoms with Crippen molar-refractivity contribution in [2.24, 2.45) is 0 Å². The Morgan fingerprint density at radius 3 is 1.63 bits per heavy atom. The van der Waals surface area contributed by atoms with Gasteiger partial charge in [0.2, 0.25) is 0 Å². The minimum absolute atomic E-state index is 0. The molecule has 0 heterocycles. The van der Waals surface area contributed by atoms with E-state index in [-0.39, 0.29) is 32.7 Å². The van der Waals surface area contributed by atoms with Crippen LogP contribution in [0.25, 0.3) is 76.8 Å². The molecule has 0 N–H and O–H groups in total. The molecule has 8 aromatic carbocycles. The summed E-state index contributed by atoms with van der Waals surface area (Å²) in [5, 5.41) is 7.44. The van der Waals surface area contributed by atoms with Gasteiger partial charge in [-0.05, 0) is 60.6 Å². The molecule has 0 aliphatic carbocycles. The Balaban J connectivity index is 0.00000300. The molecule has 8 aromatic rings. The van der Waals surface area contributed by atoms with Gasteiger partial charge in [0.05, 0.1) is 0 Å². The topological polar surface area (TPSA) is 0 Å². The second-order valence-electron chi connectivity index (χ2n) is 10.7. The molecular weight excluding hydrogens is 593 g/mol. The molecule has 1 heteroatoms. The molecule has 0 fully saturated rings. The van der Waals surface area contributed by atoms with E-state index in [2.05, 4.69) is 158 Å². The van der Waals surface area contributed by atoms with E-state index in [1.807, 2.05) is 12.1 Å². The Morgan fingerprint density at radius 2 is 0.930 bits per heavy atom. The van der Waals surface area contributed by atoms with Gasteiger partial charge >= 0.3 is 0 Å². The second kappa shape index (κ2) is 11.7. The van der Waals surface area contributed by atoms with Crippen molar-refractivity contribution in [3.63, 3.8) is 0 Å². The molecule has 0 nitrogen and oxygen atoms in total. The summed E-state index contributed by atoms with van der Waals surface area (Å²) in [6, 6.07) is 63.5. The summed E-state index contributed by atoms with van der Waals surface area (Å²) in [7, 11) is 0. The molecule has 0 bridgehead atoms. The molecule has 199 valence electrons. The smallest absolute Gasteiger partial charge is 0 e. The average molecular weight is 620 g/mol. The zero-order valence-electron chi connectivity index (χ0n) is 23.6. The van der Waals surface area contributed by atoms with Gasteiger partial charge < -0.3 is 0 Å². The van der Waals surface area contributed by atoms with Gasteiger partial charge in [-0.15, -0.1) is 23.8 Å². The zero-order valence-corrected chi connectivity index (χ0v) is 26.4. The Hall–Kier alpha value is -4.36. The van der Waals surface area contributed by atoms with Gasteiger partial charge in [0, 0.05) is 32.7 Å². The first-order valence-electron chi connectivity index (χ1n) is 14.4. The fourth-order valence-corrected chi connectivity index (χ4v) is 6.35. The Kier molecular flexibility index (Phi) is 7.50. The number of hydrogen-bond acceptors (Lipinski definition) is 0. The average Bonchev–Trinajstić information content (AvgIpc) is 3.07. The molecule has 0 amide bonds. The molecule has 0 atom stereocenters. The summed E-state index contributed by atoms with van der Waals surface area (Å²) in [6.07, 6.45) is 0. The summed E-state index contributed by atoms with van der Waals surface area (Å²) < 4.78 is 0. The van der Waals surface area contributed by atoms with Crippen molar-refractivity contribution < 1.29 is 32.7 Å². The van der Waals surface area contributed by atoms with Crippen LogP contribution in [0.2, 0.25) is 0 Å². The minimum Gasteiger partial charge on any atom is -0.209 e. The predicted octanol–water partition coefficient (Wildman–Crippen LogP) is 11.4. The van der Waals surface area contributed by atoms with Gasteiger partial charge in [0.15, 0.2) is 0 Å². The van der Waals surface area contributed by atoms with Crippen LogP contribution in [0.3, 0.4) is 0 Å². The van der Waals surface area contributed by atoms with Gasteiger partial charge in [0.25, 0.3) is 0 Å². The van der Waals surface area contributed by atoms with E-state index in [4.69, 9.17) is 0 Å². The van der Waals surface area contributed by atoms with Crippen molar-refractivity contribution in [2.45, 2.75) is 0 Å². The van der Waals surface area contributed by atoms with Crippen molar-refractivity contribution in [3.8, 4) is 44.5 Å². The van der Waals surface area contributed by atoms with E-state index < -0.39 is 0 Å². The van der Waals surface area contributed by atoms with E-state index in [1.165, 1.54) is 60.1 Å². The van der Waals surface area contributed by atoms with Crippen LogP contribution in [0, 0.1) is 12.1 Å². The summed E-state index contributed by atoms with van der Waals surface area (Å²) in [4.78, 5) is 0. The molecule has 43 heavy (non-hydrogen) atoms. The molecule has 0 aliphatic rings. The third kappa shape index (κ3) is 4.92. The summed E-state index contributed by atoms with van der Waals surface area (Å²) >= 11 is 0. The maximum atomic E-state index is 3.74. The number of hydrogen-bond donors (Lipinski definition) is 0. The normalized spacial score (nSPS) is 11.1. The number of benzene rings is 8. The van der Waals surface area contributed by atoms with E-state index in [1.54, 1.807) is 0 Å². The van der Waals surface area contributed by atoms with Crippen LogP contribution in [-0.4, -0.2) is 0 Å². The van der Waals surface area contributed by atoms with E-state index >= 15 is 0 Å². The van der Waals surface area contributed by atoms with Crippen molar-refractivity contribution in [1.29, 1.82) is 0 Å². The molecule has 0 aliphatic heterocycles. The fraction of sp³-hybridized carbons (Fsp3) is 0. The zero-order chi connectivity index (χ0) is 27.9. The van der Waals surface area contributed by atoms with Crippen LogP contribution in [0.1, 0.15) is 0 Å². The third-order valence-corrected chi connectivity index (χ3v) is 8.25. The monoisotopic (exact) mass is 619 g/mol. The van der Waals surface area contributed by atoms with Crippen molar-refractivity contribution in [2.75, 3.05) is 0 Å². The largest absolute Gasteiger partial charge is 0.209 e. The van der Waals surface area contributed by atoms with Crippen LogP contribution >= 0.6 is 0 Å². The van der Waals surface area contributed by atoms with Crippen LogP contribution in [-0.2, 0) is 32.7 Å². The predicted molar refractivity (Wildman–Crippen MR) is 178 cm³/mol. The molecule has 0 saturated carbocycles. The van der Waals surface area contributed by atoms with Gasteiger partial charge in [0.1, 0.15) is 0 Å². The van der Waals surface area contributed by atoms with Crippen LogP contribution < -0.4 is 0 Å². The van der Waals surface area contributed by atoms with Crippen LogP contribution in [0.15, 0.2) is 158 Å². The summed E-state index contributed by atoms with van der Waals surface area (Å²) in [5.41, 5.74) is 9.36. The van der Waals surface area contributed by atoms with Gasteiger partial charge in [-0.3, -0.25) is 0 Å². The first-order valence-corrected chi connectivity index (χ1v) is 14.4. The van der Waals surface area contributed by atoms with Gasteiger partial charge in [-0.1, -0.05) is 115 Å². The van der Waals surface area contributed by atoms with Gasteiger partial charge in [-0.2, -0.15) is 42.0 Å². The molecule has 0 spiro atoms. The fourth-order valence-electron chi connectivity index (χ4n) is 6.35. The Morgan fingerprint density at radius 1 is 0.372 bits per heavy atom. The van der Waals surface area contributed by atoms with Crippen molar-refractivity contribution in [1.82, 2.24) is 0 Å². The Bertz CT molecular complexity index is 2190. The standard InChI is InChI=1S/C42H26.Y/c1-2-13-29(14-3-1)32-17-12-18-34(28-32)41-37-21-8-10-23-39(37)42(40-24-11-9-22-38(40)41)36-20-7-6-19-35(36)33-26-25-30-15-4-5-16-31(30)27-33;/h1-13,15-27H;/q-2;. The number of rotatable bonds is 4. The molecule has 0 saturated heterocycles. The van der Waals surface area contributed by atoms with E-state index in [0.717, 1.165) is 16.7 Å².